The van der Waals surface area contributed by atoms with Gasteiger partial charge in [0.25, 0.3) is 21.6 Å². The molecule has 4 aliphatic rings. The van der Waals surface area contributed by atoms with Gasteiger partial charge in [-0.1, -0.05) is 43.2 Å². The third-order valence-electron chi connectivity index (χ3n) is 13.5. The van der Waals surface area contributed by atoms with E-state index in [9.17, 15) is 23.3 Å². The number of aromatic amines is 1. The van der Waals surface area contributed by atoms with E-state index in [-0.39, 0.29) is 41.1 Å². The molecule has 9 rings (SSSR count). The average molecular weight is 910 g/mol. The number of carbonyl (C=O) groups is 1. The molecule has 3 fully saturated rings. The number of allylic oxidation sites excluding steroid dienone is 1. The summed E-state index contributed by atoms with van der Waals surface area (Å²) >= 11 is 6.31. The summed E-state index contributed by atoms with van der Waals surface area (Å²) in [5.74, 6) is -0.505. The largest absolute Gasteiger partial charge is 0.455 e. The van der Waals surface area contributed by atoms with Gasteiger partial charge in [-0.25, -0.2) is 18.1 Å². The first-order valence-electron chi connectivity index (χ1n) is 21.7. The van der Waals surface area contributed by atoms with Crippen molar-refractivity contribution in [2.45, 2.75) is 63.5 Å². The van der Waals surface area contributed by atoms with Gasteiger partial charge in [-0.05, 0) is 103 Å². The molecule has 2 saturated heterocycles. The Kier molecular flexibility index (Phi) is 11.9. The summed E-state index contributed by atoms with van der Waals surface area (Å²) < 4.78 is 46.9. The van der Waals surface area contributed by atoms with E-state index < -0.39 is 31.4 Å². The highest BCUT2D eigenvalue weighted by Gasteiger charge is 2.56. The second kappa shape index (κ2) is 17.5. The molecule has 5 aromatic rings. The van der Waals surface area contributed by atoms with Gasteiger partial charge < -0.3 is 29.4 Å². The van der Waals surface area contributed by atoms with Crippen LogP contribution in [0.2, 0.25) is 5.02 Å². The van der Waals surface area contributed by atoms with Crippen molar-refractivity contribution in [1.82, 2.24) is 19.6 Å². The lowest BCUT2D eigenvalue weighted by molar-refractivity contribution is -0.384. The molecular weight excluding hydrogens is 858 g/mol. The summed E-state index contributed by atoms with van der Waals surface area (Å²) in [6.45, 7) is 11.6. The standard InChI is InChI=1S/C47H52ClN7O8S/c1-30-27-54(17-16-53(30)28-33-23-47(13-14-47)46(2,3)24-40(33)31-4-6-34(48)7-5-31)35-8-10-39(43(21-35)63-36-20-32-12-15-49-44(32)51-25-36)45(56)52-64(59,60)38-9-11-41(42(22-38)55(57)58)50-26-37-29-61-18-19-62-37/h4-12,15,20-22,25,30,37,50H,13-14,16-19,23-24,26-29H2,1-3H3,(H,49,51)(H,52,56). The van der Waals surface area contributed by atoms with E-state index in [2.05, 4.69) is 62.7 Å². The van der Waals surface area contributed by atoms with Crippen LogP contribution in [0, 0.1) is 20.9 Å². The van der Waals surface area contributed by atoms with Gasteiger partial charge >= 0.3 is 0 Å². The molecule has 1 spiro atoms. The topological polar surface area (TPSA) is 181 Å². The van der Waals surface area contributed by atoms with Crippen molar-refractivity contribution in [3.05, 3.63) is 117 Å². The first-order chi connectivity index (χ1) is 30.7. The number of amides is 1. The second-order valence-electron chi connectivity index (χ2n) is 18.1. The van der Waals surface area contributed by atoms with Gasteiger partial charge in [0.2, 0.25) is 0 Å². The van der Waals surface area contributed by atoms with Crippen molar-refractivity contribution in [2.75, 3.05) is 62.8 Å². The summed E-state index contributed by atoms with van der Waals surface area (Å²) in [6, 6.07) is 20.6. The fraction of sp³-hybridized carbons (Fsp3) is 0.404. The number of aromatic nitrogens is 2. The minimum Gasteiger partial charge on any atom is -0.455 e. The van der Waals surface area contributed by atoms with Crippen molar-refractivity contribution in [1.29, 1.82) is 0 Å². The van der Waals surface area contributed by atoms with Crippen LogP contribution in [0.4, 0.5) is 17.1 Å². The number of hydrogen-bond acceptors (Lipinski definition) is 12. The number of nitrogens with zero attached hydrogens (tertiary/aromatic N) is 4. The number of rotatable bonds is 13. The molecule has 3 N–H and O–H groups in total. The number of fused-ring (bicyclic) bond motifs is 1. The van der Waals surface area contributed by atoms with Gasteiger partial charge in [0, 0.05) is 73.2 Å². The molecule has 1 amide bonds. The first-order valence-corrected chi connectivity index (χ1v) is 23.5. The predicted octanol–water partition coefficient (Wildman–Crippen LogP) is 8.43. The number of halogens is 1. The number of sulfonamides is 1. The maximum Gasteiger partial charge on any atom is 0.293 e. The van der Waals surface area contributed by atoms with Crippen LogP contribution < -0.4 is 19.7 Å². The molecule has 17 heteroatoms. The summed E-state index contributed by atoms with van der Waals surface area (Å²) in [6.07, 6.45) is 7.62. The molecular formula is C47H52ClN7O8S. The van der Waals surface area contributed by atoms with Gasteiger partial charge in [-0.2, -0.15) is 0 Å². The second-order valence-corrected chi connectivity index (χ2v) is 20.2. The highest BCUT2D eigenvalue weighted by atomic mass is 35.5. The highest BCUT2D eigenvalue weighted by molar-refractivity contribution is 7.90. The van der Waals surface area contributed by atoms with Gasteiger partial charge in [0.15, 0.2) is 0 Å². The number of ether oxygens (including phenoxy) is 3. The highest BCUT2D eigenvalue weighted by Crippen LogP contribution is 2.67. The van der Waals surface area contributed by atoms with Crippen LogP contribution in [-0.4, -0.2) is 98.8 Å². The molecule has 2 aliphatic heterocycles. The number of benzene rings is 3. The number of hydrogen-bond donors (Lipinski definition) is 3. The Hall–Kier alpha value is -5.52. The van der Waals surface area contributed by atoms with Crippen LogP contribution in [0.15, 0.2) is 95.7 Å². The zero-order valence-electron chi connectivity index (χ0n) is 36.1. The molecule has 2 atom stereocenters. The van der Waals surface area contributed by atoms with Gasteiger partial charge in [-0.3, -0.25) is 19.8 Å². The molecule has 3 aromatic carbocycles. The van der Waals surface area contributed by atoms with Crippen molar-refractivity contribution in [3.8, 4) is 11.5 Å². The van der Waals surface area contributed by atoms with Gasteiger partial charge in [0.1, 0.15) is 22.8 Å². The van der Waals surface area contributed by atoms with E-state index in [1.165, 1.54) is 47.9 Å². The van der Waals surface area contributed by atoms with E-state index in [1.54, 1.807) is 30.5 Å². The Balaban J connectivity index is 0.949. The van der Waals surface area contributed by atoms with E-state index in [0.29, 0.717) is 49.7 Å². The zero-order chi connectivity index (χ0) is 44.8. The zero-order valence-corrected chi connectivity index (χ0v) is 37.6. The Morgan fingerprint density at radius 2 is 1.86 bits per heavy atom. The maximum absolute atomic E-state index is 14.0. The fourth-order valence-electron chi connectivity index (χ4n) is 9.51. The number of piperazine rings is 1. The number of anilines is 2. The molecule has 2 aliphatic carbocycles. The molecule has 2 unspecified atom stereocenters. The van der Waals surface area contributed by atoms with Crippen LogP contribution in [0.25, 0.3) is 16.6 Å². The third kappa shape index (κ3) is 9.07. The monoisotopic (exact) mass is 909 g/mol. The minimum absolute atomic E-state index is 0.0495. The molecule has 15 nitrogen and oxygen atoms in total. The minimum atomic E-state index is -4.59. The Morgan fingerprint density at radius 1 is 1.05 bits per heavy atom. The lowest BCUT2D eigenvalue weighted by Gasteiger charge is -2.45. The van der Waals surface area contributed by atoms with Crippen molar-refractivity contribution >= 4 is 61.2 Å². The van der Waals surface area contributed by atoms with Crippen LogP contribution in [0.1, 0.15) is 62.4 Å². The van der Waals surface area contributed by atoms with Gasteiger partial charge in [-0.15, -0.1) is 0 Å². The SMILES string of the molecule is CC1CN(c2ccc(C(=O)NS(=O)(=O)c3ccc(NCC4COCCO4)c([N+](=O)[O-])c3)c(Oc3cnc4[nH]ccc4c3)c2)CCN1CC1=C(c2ccc(Cl)cc2)CC(C)(C)C2(CC2)C1. The van der Waals surface area contributed by atoms with Crippen molar-refractivity contribution in [2.24, 2.45) is 10.8 Å². The van der Waals surface area contributed by atoms with Crippen LogP contribution >= 0.6 is 11.6 Å². The van der Waals surface area contributed by atoms with Gasteiger partial charge in [0.05, 0.1) is 47.5 Å². The number of carbonyl (C=O) groups excluding carboxylic acids is 1. The normalized spacial score (nSPS) is 20.9. The third-order valence-corrected chi connectivity index (χ3v) is 15.1. The molecule has 2 aromatic heterocycles. The summed E-state index contributed by atoms with van der Waals surface area (Å²) in [7, 11) is -4.59. The smallest absolute Gasteiger partial charge is 0.293 e. The molecule has 336 valence electrons. The Labute approximate surface area is 377 Å². The number of nitro groups is 1. The van der Waals surface area contributed by atoms with E-state index in [0.717, 1.165) is 48.1 Å². The van der Waals surface area contributed by atoms with E-state index in [1.807, 2.05) is 18.2 Å². The summed E-state index contributed by atoms with van der Waals surface area (Å²) in [5.41, 5.74) is 5.80. The molecule has 0 bridgehead atoms. The molecule has 64 heavy (non-hydrogen) atoms. The van der Waals surface area contributed by atoms with Crippen molar-refractivity contribution < 1.29 is 32.3 Å². The lowest BCUT2D eigenvalue weighted by Crippen LogP contribution is -2.52. The Morgan fingerprint density at radius 3 is 2.59 bits per heavy atom. The van der Waals surface area contributed by atoms with Crippen LogP contribution in [-0.2, 0) is 19.5 Å². The average Bonchev–Trinajstić information content (AvgIpc) is 3.92. The number of nitro benzene ring substituents is 1. The number of nitrogens with one attached hydrogen (secondary N) is 3. The van der Waals surface area contributed by atoms with Crippen molar-refractivity contribution in [3.63, 3.8) is 0 Å². The maximum atomic E-state index is 14.0. The molecule has 4 heterocycles. The quantitative estimate of drug-likeness (QED) is 0.0759. The first kappa shape index (κ1) is 43.7. The summed E-state index contributed by atoms with van der Waals surface area (Å²) in [4.78, 5) is 37.2. The fourth-order valence-corrected chi connectivity index (χ4v) is 10.6. The molecule has 1 saturated carbocycles. The predicted molar refractivity (Wildman–Crippen MR) is 246 cm³/mol. The number of H-pyrrole nitrogens is 1. The summed E-state index contributed by atoms with van der Waals surface area (Å²) in [5, 5.41) is 16.6. The van der Waals surface area contributed by atoms with E-state index >= 15 is 0 Å². The van der Waals surface area contributed by atoms with E-state index in [4.69, 9.17) is 25.8 Å². The number of pyridine rings is 1. The Bertz CT molecular complexity index is 2730. The van der Waals surface area contributed by atoms with Crippen LogP contribution in [0.5, 0.6) is 11.5 Å². The lowest BCUT2D eigenvalue weighted by atomic mass is 9.63. The van der Waals surface area contributed by atoms with Crippen LogP contribution in [0.3, 0.4) is 0 Å². The molecule has 0 radical (unpaired) electrons.